The van der Waals surface area contributed by atoms with E-state index in [1.165, 1.54) is 10.6 Å². The molecule has 1 amide bonds. The Kier molecular flexibility index (Phi) is 4.12. The van der Waals surface area contributed by atoms with Crippen LogP contribution in [0.3, 0.4) is 0 Å². The summed E-state index contributed by atoms with van der Waals surface area (Å²) in [5.74, 6) is -0.341. The van der Waals surface area contributed by atoms with E-state index in [-0.39, 0.29) is 5.76 Å². The highest BCUT2D eigenvalue weighted by molar-refractivity contribution is 5.92. The van der Waals surface area contributed by atoms with Crippen molar-refractivity contribution >= 4 is 23.6 Å². The standard InChI is InChI=1S/C20H18N4O3/c1-23-16-9-7-13(11-17(16)27-20(23)26)19-14(8-10-18(21)25)12-24(22-19)15-5-3-2-4-6-15/h2-6,8,10-12H,7,9H2,1H3,(H2,21,25)/b10-8+. The van der Waals surface area contributed by atoms with Crippen LogP contribution in [0.25, 0.3) is 23.4 Å². The van der Waals surface area contributed by atoms with Crippen molar-refractivity contribution in [1.82, 2.24) is 14.3 Å². The molecule has 136 valence electrons. The maximum absolute atomic E-state index is 11.8. The third-order valence-corrected chi connectivity index (χ3v) is 4.59. The second kappa shape index (κ2) is 6.60. The molecule has 0 saturated carbocycles. The fourth-order valence-corrected chi connectivity index (χ4v) is 3.21. The first-order valence-electron chi connectivity index (χ1n) is 8.55. The average molecular weight is 362 g/mol. The minimum atomic E-state index is -0.526. The number of hydrogen-bond acceptors (Lipinski definition) is 4. The highest BCUT2D eigenvalue weighted by Gasteiger charge is 2.22. The number of nitrogens with two attached hydrogens (primary N) is 1. The maximum atomic E-state index is 11.8. The van der Waals surface area contributed by atoms with Gasteiger partial charge in [-0.3, -0.25) is 9.36 Å². The second-order valence-electron chi connectivity index (χ2n) is 6.36. The SMILES string of the molecule is Cn1c2c(oc1=O)C=C(c1nn(-c3ccccc3)cc1/C=C/C(N)=O)CC2. The van der Waals surface area contributed by atoms with Crippen molar-refractivity contribution in [2.45, 2.75) is 12.8 Å². The molecule has 4 rings (SSSR count). The van der Waals surface area contributed by atoms with Crippen molar-refractivity contribution in [3.8, 4) is 5.69 Å². The Labute approximate surface area is 155 Å². The molecule has 0 radical (unpaired) electrons. The fraction of sp³-hybridized carbons (Fsp3) is 0.150. The number of allylic oxidation sites excluding steroid dienone is 1. The second-order valence-corrected chi connectivity index (χ2v) is 6.36. The number of benzene rings is 1. The topological polar surface area (TPSA) is 96.1 Å². The summed E-state index contributed by atoms with van der Waals surface area (Å²) in [7, 11) is 1.70. The third kappa shape index (κ3) is 3.15. The minimum Gasteiger partial charge on any atom is -0.408 e. The summed E-state index contributed by atoms with van der Waals surface area (Å²) in [6, 6.07) is 9.69. The first-order chi connectivity index (χ1) is 13.0. The van der Waals surface area contributed by atoms with Crippen LogP contribution in [-0.4, -0.2) is 20.3 Å². The van der Waals surface area contributed by atoms with Crippen LogP contribution < -0.4 is 11.5 Å². The molecule has 27 heavy (non-hydrogen) atoms. The predicted molar refractivity (Wildman–Crippen MR) is 102 cm³/mol. The third-order valence-electron chi connectivity index (χ3n) is 4.59. The number of hydrogen-bond donors (Lipinski definition) is 1. The van der Waals surface area contributed by atoms with Crippen LogP contribution in [0, 0.1) is 0 Å². The Hall–Kier alpha value is -3.61. The van der Waals surface area contributed by atoms with Crippen molar-refractivity contribution < 1.29 is 9.21 Å². The summed E-state index contributed by atoms with van der Waals surface area (Å²) in [6.07, 6.45) is 8.06. The van der Waals surface area contributed by atoms with E-state index in [1.54, 1.807) is 17.8 Å². The van der Waals surface area contributed by atoms with E-state index in [1.807, 2.05) is 42.6 Å². The number of carbonyl (C=O) groups is 1. The maximum Gasteiger partial charge on any atom is 0.419 e. The molecule has 0 atom stereocenters. The van der Waals surface area contributed by atoms with E-state index in [0.29, 0.717) is 18.6 Å². The first-order valence-corrected chi connectivity index (χ1v) is 8.55. The number of primary amides is 1. The van der Waals surface area contributed by atoms with Gasteiger partial charge in [0.2, 0.25) is 5.91 Å². The first kappa shape index (κ1) is 16.8. The molecule has 7 heteroatoms. The van der Waals surface area contributed by atoms with Crippen LogP contribution in [0.15, 0.2) is 51.8 Å². The lowest BCUT2D eigenvalue weighted by Crippen LogP contribution is -2.12. The molecule has 0 aliphatic heterocycles. The van der Waals surface area contributed by atoms with Gasteiger partial charge in [0.25, 0.3) is 0 Å². The molecular weight excluding hydrogens is 344 g/mol. The van der Waals surface area contributed by atoms with Gasteiger partial charge in [0.1, 0.15) is 0 Å². The zero-order chi connectivity index (χ0) is 19.0. The van der Waals surface area contributed by atoms with Crippen LogP contribution in [0.1, 0.15) is 29.1 Å². The van der Waals surface area contributed by atoms with Gasteiger partial charge in [-0.2, -0.15) is 5.10 Å². The van der Waals surface area contributed by atoms with Gasteiger partial charge in [-0.05, 0) is 42.7 Å². The molecule has 3 aromatic rings. The molecule has 7 nitrogen and oxygen atoms in total. The number of oxazole rings is 1. The quantitative estimate of drug-likeness (QED) is 0.719. The Morgan fingerprint density at radius 2 is 2.04 bits per heavy atom. The van der Waals surface area contributed by atoms with Crippen molar-refractivity contribution in [2.24, 2.45) is 12.8 Å². The molecule has 0 fully saturated rings. The van der Waals surface area contributed by atoms with Crippen molar-refractivity contribution in [1.29, 1.82) is 0 Å². The van der Waals surface area contributed by atoms with Gasteiger partial charge >= 0.3 is 5.76 Å². The van der Waals surface area contributed by atoms with Crippen molar-refractivity contribution in [3.05, 3.63) is 75.9 Å². The normalized spacial score (nSPS) is 13.6. The number of carbonyl (C=O) groups excluding carboxylic acids is 1. The summed E-state index contributed by atoms with van der Waals surface area (Å²) in [4.78, 5) is 22.9. The number of amides is 1. The summed E-state index contributed by atoms with van der Waals surface area (Å²) < 4.78 is 8.61. The monoisotopic (exact) mass is 362 g/mol. The molecule has 0 saturated heterocycles. The lowest BCUT2D eigenvalue weighted by atomic mass is 9.96. The van der Waals surface area contributed by atoms with Crippen LogP contribution in [0.5, 0.6) is 0 Å². The average Bonchev–Trinajstić information content (AvgIpc) is 3.22. The van der Waals surface area contributed by atoms with Crippen LogP contribution in [-0.2, 0) is 18.3 Å². The van der Waals surface area contributed by atoms with Gasteiger partial charge in [-0.15, -0.1) is 0 Å². The molecule has 0 bridgehead atoms. The number of nitrogens with zero attached hydrogens (tertiary/aromatic N) is 3. The zero-order valence-electron chi connectivity index (χ0n) is 14.8. The van der Waals surface area contributed by atoms with Crippen LogP contribution in [0.2, 0.25) is 0 Å². The molecule has 1 aliphatic carbocycles. The van der Waals surface area contributed by atoms with Crippen molar-refractivity contribution in [2.75, 3.05) is 0 Å². The molecule has 2 heterocycles. The van der Waals surface area contributed by atoms with E-state index >= 15 is 0 Å². The van der Waals surface area contributed by atoms with E-state index in [9.17, 15) is 9.59 Å². The van der Waals surface area contributed by atoms with E-state index in [0.717, 1.165) is 28.2 Å². The summed E-state index contributed by atoms with van der Waals surface area (Å²) in [5.41, 5.74) is 9.47. The molecule has 0 spiro atoms. The molecule has 0 unspecified atom stereocenters. The van der Waals surface area contributed by atoms with Gasteiger partial charge in [0.15, 0.2) is 5.76 Å². The van der Waals surface area contributed by atoms with E-state index < -0.39 is 5.91 Å². The van der Waals surface area contributed by atoms with Gasteiger partial charge in [0.05, 0.1) is 17.1 Å². The Morgan fingerprint density at radius 3 is 2.78 bits per heavy atom. The number of fused-ring (bicyclic) bond motifs is 1. The molecule has 1 aliphatic rings. The van der Waals surface area contributed by atoms with Crippen LogP contribution in [0.4, 0.5) is 0 Å². The predicted octanol–water partition coefficient (Wildman–Crippen LogP) is 2.15. The van der Waals surface area contributed by atoms with Crippen molar-refractivity contribution in [3.63, 3.8) is 0 Å². The van der Waals surface area contributed by atoms with E-state index in [2.05, 4.69) is 0 Å². The number of para-hydroxylation sites is 1. The van der Waals surface area contributed by atoms with Gasteiger partial charge in [-0.25, -0.2) is 9.48 Å². The molecule has 2 aromatic heterocycles. The Balaban J connectivity index is 1.82. The molecule has 2 N–H and O–H groups in total. The highest BCUT2D eigenvalue weighted by atomic mass is 16.4. The number of aromatic nitrogens is 3. The summed E-state index contributed by atoms with van der Waals surface area (Å²) in [6.45, 7) is 0. The van der Waals surface area contributed by atoms with Gasteiger partial charge in [-0.1, -0.05) is 18.2 Å². The Morgan fingerprint density at radius 1 is 1.26 bits per heavy atom. The Bertz CT molecular complexity index is 1130. The minimum absolute atomic E-state index is 0.374. The largest absolute Gasteiger partial charge is 0.419 e. The summed E-state index contributed by atoms with van der Waals surface area (Å²) >= 11 is 0. The number of rotatable bonds is 4. The van der Waals surface area contributed by atoms with E-state index in [4.69, 9.17) is 15.2 Å². The van der Waals surface area contributed by atoms with Crippen LogP contribution >= 0.6 is 0 Å². The highest BCUT2D eigenvalue weighted by Crippen LogP contribution is 2.31. The fourth-order valence-electron chi connectivity index (χ4n) is 3.21. The smallest absolute Gasteiger partial charge is 0.408 e. The molecular formula is C20H18N4O3. The lowest BCUT2D eigenvalue weighted by Gasteiger charge is -2.12. The summed E-state index contributed by atoms with van der Waals surface area (Å²) in [5, 5.41) is 4.70. The van der Waals surface area contributed by atoms with Gasteiger partial charge in [0, 0.05) is 24.9 Å². The lowest BCUT2D eigenvalue weighted by molar-refractivity contribution is -0.113. The zero-order valence-corrected chi connectivity index (χ0v) is 14.8. The molecule has 1 aromatic carbocycles. The van der Waals surface area contributed by atoms with Gasteiger partial charge < -0.3 is 10.2 Å².